The number of para-hydroxylation sites is 1. The third-order valence-electron chi connectivity index (χ3n) is 4.71. The van der Waals surface area contributed by atoms with E-state index in [9.17, 15) is 9.59 Å². The highest BCUT2D eigenvalue weighted by molar-refractivity contribution is 9.10. The van der Waals surface area contributed by atoms with Crippen LogP contribution in [0.1, 0.15) is 10.4 Å². The average Bonchev–Trinajstić information content (AvgIpc) is 3.28. The smallest absolute Gasteiger partial charge is 0.253 e. The van der Waals surface area contributed by atoms with E-state index in [-0.39, 0.29) is 17.6 Å². The van der Waals surface area contributed by atoms with Gasteiger partial charge in [-0.05, 0) is 36.4 Å². The number of halogens is 1. The summed E-state index contributed by atoms with van der Waals surface area (Å²) in [6.07, 6.45) is 0. The summed E-state index contributed by atoms with van der Waals surface area (Å²) in [5.41, 5.74) is 1.47. The van der Waals surface area contributed by atoms with E-state index in [1.54, 1.807) is 0 Å². The Balaban J connectivity index is 1.25. The van der Waals surface area contributed by atoms with Crippen molar-refractivity contribution in [2.24, 2.45) is 0 Å². The molecule has 1 N–H and O–H groups in total. The fraction of sp³-hybridized carbons (Fsp3) is 0.238. The zero-order chi connectivity index (χ0) is 21.6. The minimum absolute atomic E-state index is 0.0464. The van der Waals surface area contributed by atoms with Crippen LogP contribution in [0, 0.1) is 0 Å². The summed E-state index contributed by atoms with van der Waals surface area (Å²) < 4.78 is 1.71. The molecule has 160 valence electrons. The van der Waals surface area contributed by atoms with Crippen LogP contribution in [0.25, 0.3) is 0 Å². The van der Waals surface area contributed by atoms with Crippen LogP contribution < -0.4 is 10.2 Å². The lowest BCUT2D eigenvalue weighted by molar-refractivity contribution is -0.113. The van der Waals surface area contributed by atoms with Crippen LogP contribution in [-0.2, 0) is 4.79 Å². The number of carbonyl (C=O) groups is 2. The van der Waals surface area contributed by atoms with E-state index in [0.717, 1.165) is 19.6 Å². The minimum atomic E-state index is -0.0759. The van der Waals surface area contributed by atoms with Gasteiger partial charge >= 0.3 is 0 Å². The van der Waals surface area contributed by atoms with Crippen molar-refractivity contribution in [3.63, 3.8) is 0 Å². The number of anilines is 2. The number of aromatic nitrogens is 2. The van der Waals surface area contributed by atoms with E-state index in [0.29, 0.717) is 31.7 Å². The standard InChI is InChI=1S/C21H20BrN5O2S2/c22-16-8-6-15(7-9-16)19(29)26-10-12-27(13-11-26)20-24-25-21(31-20)30-14-18(28)23-17-4-2-1-3-5-17/h1-9H,10-14H2,(H,23,28). The van der Waals surface area contributed by atoms with Crippen LogP contribution in [0.5, 0.6) is 0 Å². The van der Waals surface area contributed by atoms with Crippen molar-refractivity contribution >= 4 is 61.7 Å². The van der Waals surface area contributed by atoms with Crippen molar-refractivity contribution in [3.05, 3.63) is 64.6 Å². The first-order valence-corrected chi connectivity index (χ1v) is 12.3. The molecule has 3 aromatic rings. The molecule has 0 bridgehead atoms. The van der Waals surface area contributed by atoms with Crippen LogP contribution >= 0.6 is 39.0 Å². The van der Waals surface area contributed by atoms with Gasteiger partial charge in [-0.1, -0.05) is 57.2 Å². The third-order valence-corrected chi connectivity index (χ3v) is 7.35. The van der Waals surface area contributed by atoms with E-state index < -0.39 is 0 Å². The molecule has 0 unspecified atom stereocenters. The normalized spacial score (nSPS) is 13.8. The van der Waals surface area contributed by atoms with E-state index in [1.165, 1.54) is 23.1 Å². The fourth-order valence-electron chi connectivity index (χ4n) is 3.11. The Morgan fingerprint density at radius 1 is 1.00 bits per heavy atom. The summed E-state index contributed by atoms with van der Waals surface area (Å²) in [4.78, 5) is 28.8. The SMILES string of the molecule is O=C(CSc1nnc(N2CCN(C(=O)c3ccc(Br)cc3)CC2)s1)Nc1ccccc1. The molecule has 0 spiro atoms. The molecular weight excluding hydrogens is 498 g/mol. The van der Waals surface area contributed by atoms with Crippen molar-refractivity contribution in [3.8, 4) is 0 Å². The molecule has 2 amide bonds. The van der Waals surface area contributed by atoms with Crippen LogP contribution in [0.4, 0.5) is 10.8 Å². The van der Waals surface area contributed by atoms with E-state index >= 15 is 0 Å². The monoisotopic (exact) mass is 517 g/mol. The van der Waals surface area contributed by atoms with Gasteiger partial charge in [0.25, 0.3) is 5.91 Å². The van der Waals surface area contributed by atoms with Gasteiger partial charge in [-0.3, -0.25) is 9.59 Å². The zero-order valence-electron chi connectivity index (χ0n) is 16.5. The molecule has 1 aliphatic heterocycles. The van der Waals surface area contributed by atoms with Crippen molar-refractivity contribution < 1.29 is 9.59 Å². The number of hydrogen-bond acceptors (Lipinski definition) is 7. The highest BCUT2D eigenvalue weighted by atomic mass is 79.9. The number of nitrogens with one attached hydrogen (secondary N) is 1. The van der Waals surface area contributed by atoms with Gasteiger partial charge in [0.2, 0.25) is 11.0 Å². The van der Waals surface area contributed by atoms with Gasteiger partial charge in [0.15, 0.2) is 4.34 Å². The second kappa shape index (κ2) is 10.3. The number of rotatable bonds is 6. The highest BCUT2D eigenvalue weighted by Gasteiger charge is 2.24. The first-order chi connectivity index (χ1) is 15.1. The third kappa shape index (κ3) is 5.84. The van der Waals surface area contributed by atoms with E-state index in [1.807, 2.05) is 59.5 Å². The summed E-state index contributed by atoms with van der Waals surface area (Å²) >= 11 is 6.24. The molecule has 1 aliphatic rings. The molecule has 2 heterocycles. The van der Waals surface area contributed by atoms with Crippen LogP contribution in [0.15, 0.2) is 63.4 Å². The Labute approximate surface area is 197 Å². The van der Waals surface area contributed by atoms with Crippen molar-refractivity contribution in [1.29, 1.82) is 0 Å². The van der Waals surface area contributed by atoms with Crippen molar-refractivity contribution in [2.75, 3.05) is 42.1 Å². The number of thioether (sulfide) groups is 1. The Morgan fingerprint density at radius 3 is 2.42 bits per heavy atom. The fourth-order valence-corrected chi connectivity index (χ4v) is 5.07. The van der Waals surface area contributed by atoms with E-state index in [2.05, 4.69) is 36.3 Å². The van der Waals surface area contributed by atoms with Crippen LogP contribution in [0.3, 0.4) is 0 Å². The summed E-state index contributed by atoms with van der Waals surface area (Å²) in [5, 5.41) is 12.2. The molecule has 0 atom stereocenters. The first kappa shape index (κ1) is 21.8. The molecule has 0 saturated carbocycles. The lowest BCUT2D eigenvalue weighted by Gasteiger charge is -2.34. The Morgan fingerprint density at radius 2 is 1.71 bits per heavy atom. The molecule has 1 fully saturated rings. The van der Waals surface area contributed by atoms with Crippen molar-refractivity contribution in [1.82, 2.24) is 15.1 Å². The Kier molecular flexibility index (Phi) is 7.21. The van der Waals surface area contributed by atoms with Crippen LogP contribution in [0.2, 0.25) is 0 Å². The molecule has 1 saturated heterocycles. The van der Waals surface area contributed by atoms with Gasteiger partial charge in [0, 0.05) is 41.9 Å². The summed E-state index contributed by atoms with van der Waals surface area (Å²) in [6.45, 7) is 2.68. The number of benzene rings is 2. The maximum Gasteiger partial charge on any atom is 0.253 e. The number of nitrogens with zero attached hydrogens (tertiary/aromatic N) is 4. The Hall–Kier alpha value is -2.43. The molecule has 31 heavy (non-hydrogen) atoms. The van der Waals surface area contributed by atoms with Gasteiger partial charge in [-0.15, -0.1) is 10.2 Å². The van der Waals surface area contributed by atoms with Gasteiger partial charge in [0.1, 0.15) is 0 Å². The van der Waals surface area contributed by atoms with Gasteiger partial charge < -0.3 is 15.1 Å². The predicted molar refractivity (Wildman–Crippen MR) is 128 cm³/mol. The quantitative estimate of drug-likeness (QED) is 0.498. The number of piperazine rings is 1. The maximum absolute atomic E-state index is 12.7. The second-order valence-electron chi connectivity index (χ2n) is 6.84. The lowest BCUT2D eigenvalue weighted by Crippen LogP contribution is -2.48. The lowest BCUT2D eigenvalue weighted by atomic mass is 10.2. The Bertz CT molecular complexity index is 1040. The number of carbonyl (C=O) groups excluding carboxylic acids is 2. The summed E-state index contributed by atoms with van der Waals surface area (Å²) in [5.74, 6) is 0.247. The molecule has 2 aromatic carbocycles. The summed E-state index contributed by atoms with van der Waals surface area (Å²) in [7, 11) is 0. The number of hydrogen-bond donors (Lipinski definition) is 1. The van der Waals surface area contributed by atoms with Crippen molar-refractivity contribution in [2.45, 2.75) is 4.34 Å². The van der Waals surface area contributed by atoms with Gasteiger partial charge in [-0.25, -0.2) is 0 Å². The molecule has 10 heteroatoms. The second-order valence-corrected chi connectivity index (χ2v) is 9.93. The molecule has 1 aromatic heterocycles. The summed E-state index contributed by atoms with van der Waals surface area (Å²) in [6, 6.07) is 16.8. The molecular formula is C21H20BrN5O2S2. The molecule has 0 radical (unpaired) electrons. The number of amides is 2. The van der Waals surface area contributed by atoms with Gasteiger partial charge in [0.05, 0.1) is 5.75 Å². The van der Waals surface area contributed by atoms with Crippen LogP contribution in [-0.4, -0.2) is 58.8 Å². The predicted octanol–water partition coefficient (Wildman–Crippen LogP) is 3.99. The average molecular weight is 518 g/mol. The zero-order valence-corrected chi connectivity index (χ0v) is 19.8. The van der Waals surface area contributed by atoms with E-state index in [4.69, 9.17) is 0 Å². The van der Waals surface area contributed by atoms with Gasteiger partial charge in [-0.2, -0.15) is 0 Å². The molecule has 7 nitrogen and oxygen atoms in total. The molecule has 0 aliphatic carbocycles. The highest BCUT2D eigenvalue weighted by Crippen LogP contribution is 2.29. The first-order valence-electron chi connectivity index (χ1n) is 9.69. The molecule has 4 rings (SSSR count). The largest absolute Gasteiger partial charge is 0.343 e. The topological polar surface area (TPSA) is 78.4 Å². The maximum atomic E-state index is 12.7. The minimum Gasteiger partial charge on any atom is -0.343 e.